The highest BCUT2D eigenvalue weighted by molar-refractivity contribution is 7.99. The number of nitrogens with one attached hydrogen (secondary N) is 2. The Labute approximate surface area is 177 Å². The monoisotopic (exact) mass is 419 g/mol. The third-order valence-electron chi connectivity index (χ3n) is 4.63. The van der Waals surface area contributed by atoms with Gasteiger partial charge in [-0.25, -0.2) is 4.68 Å². The van der Waals surface area contributed by atoms with Crippen molar-refractivity contribution in [1.29, 1.82) is 0 Å². The molecule has 0 aliphatic rings. The highest BCUT2D eigenvalue weighted by Crippen LogP contribution is 2.25. The molecule has 2 heterocycles. The first-order chi connectivity index (χ1) is 14.5. The van der Waals surface area contributed by atoms with Gasteiger partial charge in [-0.3, -0.25) is 9.89 Å². The van der Waals surface area contributed by atoms with E-state index >= 15 is 0 Å². The van der Waals surface area contributed by atoms with E-state index in [4.69, 9.17) is 5.84 Å². The first-order valence-electron chi connectivity index (χ1n) is 9.33. The number of thioether (sulfide) groups is 1. The highest BCUT2D eigenvalue weighted by Gasteiger charge is 2.16. The van der Waals surface area contributed by atoms with Gasteiger partial charge >= 0.3 is 0 Å². The first-order valence-corrected chi connectivity index (χ1v) is 10.3. The summed E-state index contributed by atoms with van der Waals surface area (Å²) >= 11 is 1.22. The summed E-state index contributed by atoms with van der Waals surface area (Å²) in [5.74, 6) is 6.65. The molecule has 1 amide bonds. The van der Waals surface area contributed by atoms with Crippen LogP contribution < -0.4 is 11.2 Å². The molecule has 8 nitrogen and oxygen atoms in total. The summed E-state index contributed by atoms with van der Waals surface area (Å²) in [5, 5.41) is 18.9. The predicted octanol–water partition coefficient (Wildman–Crippen LogP) is 3.40. The number of aromatic nitrogens is 5. The van der Waals surface area contributed by atoms with Gasteiger partial charge in [0.05, 0.1) is 11.4 Å². The summed E-state index contributed by atoms with van der Waals surface area (Å²) in [6.07, 6.45) is 0. The van der Waals surface area contributed by atoms with Crippen LogP contribution in [0.5, 0.6) is 0 Å². The number of amides is 1. The van der Waals surface area contributed by atoms with Crippen LogP contribution >= 0.6 is 11.8 Å². The number of nitrogen functional groups attached to an aromatic ring is 1. The number of carbonyl (C=O) groups is 1. The molecule has 0 aliphatic carbocycles. The van der Waals surface area contributed by atoms with Gasteiger partial charge < -0.3 is 11.2 Å². The number of nitrogens with two attached hydrogens (primary N) is 1. The van der Waals surface area contributed by atoms with Crippen molar-refractivity contribution in [3.8, 4) is 22.8 Å². The Morgan fingerprint density at radius 2 is 1.83 bits per heavy atom. The summed E-state index contributed by atoms with van der Waals surface area (Å²) in [6, 6.07) is 17.6. The van der Waals surface area contributed by atoms with Crippen LogP contribution in [0.2, 0.25) is 0 Å². The lowest BCUT2D eigenvalue weighted by atomic mass is 10.1. The Bertz CT molecular complexity index is 1160. The smallest absolute Gasteiger partial charge is 0.234 e. The number of aryl methyl sites for hydroxylation is 2. The molecule has 9 heteroatoms. The number of benzene rings is 2. The van der Waals surface area contributed by atoms with Gasteiger partial charge in [0.25, 0.3) is 0 Å². The average molecular weight is 420 g/mol. The summed E-state index contributed by atoms with van der Waals surface area (Å²) in [6.45, 7) is 3.93. The fourth-order valence-electron chi connectivity index (χ4n) is 3.07. The largest absolute Gasteiger partial charge is 0.335 e. The molecule has 4 rings (SSSR count). The van der Waals surface area contributed by atoms with Crippen LogP contribution in [0, 0.1) is 13.8 Å². The highest BCUT2D eigenvalue weighted by atomic mass is 32.2. The van der Waals surface area contributed by atoms with Crippen LogP contribution in [-0.2, 0) is 4.79 Å². The number of anilines is 1. The van der Waals surface area contributed by atoms with Gasteiger partial charge in [0.2, 0.25) is 16.9 Å². The Hall–Kier alpha value is -3.59. The molecule has 30 heavy (non-hydrogen) atoms. The fourth-order valence-corrected chi connectivity index (χ4v) is 3.73. The molecule has 4 aromatic rings. The van der Waals surface area contributed by atoms with E-state index in [9.17, 15) is 4.79 Å². The zero-order chi connectivity index (χ0) is 21.1. The van der Waals surface area contributed by atoms with Gasteiger partial charge in [0.15, 0.2) is 0 Å². The fraction of sp³-hybridized carbons (Fsp3) is 0.143. The number of hydrogen-bond donors (Lipinski definition) is 3. The molecule has 2 aromatic carbocycles. The van der Waals surface area contributed by atoms with Crippen molar-refractivity contribution < 1.29 is 4.79 Å². The maximum absolute atomic E-state index is 12.4. The van der Waals surface area contributed by atoms with Crippen molar-refractivity contribution in [3.05, 3.63) is 65.7 Å². The topological polar surface area (TPSA) is 115 Å². The molecule has 0 unspecified atom stereocenters. The molecule has 0 bridgehead atoms. The van der Waals surface area contributed by atoms with E-state index in [1.807, 2.05) is 68.4 Å². The van der Waals surface area contributed by atoms with Crippen LogP contribution in [0.4, 0.5) is 5.69 Å². The van der Waals surface area contributed by atoms with Gasteiger partial charge in [-0.05, 0) is 31.0 Å². The molecule has 2 aromatic heterocycles. The number of para-hydroxylation sites is 1. The van der Waals surface area contributed by atoms with Crippen LogP contribution in [0.15, 0.2) is 59.8 Å². The minimum atomic E-state index is -0.130. The number of H-pyrrole nitrogens is 1. The molecule has 0 aliphatic heterocycles. The average Bonchev–Trinajstić information content (AvgIpc) is 3.37. The van der Waals surface area contributed by atoms with Crippen molar-refractivity contribution in [2.75, 3.05) is 16.9 Å². The van der Waals surface area contributed by atoms with E-state index in [0.29, 0.717) is 16.7 Å². The molecule has 0 fully saturated rings. The number of nitrogens with zero attached hydrogens (tertiary/aromatic N) is 4. The molecule has 0 spiro atoms. The van der Waals surface area contributed by atoms with Crippen LogP contribution in [0.3, 0.4) is 0 Å². The van der Waals surface area contributed by atoms with E-state index in [1.54, 1.807) is 0 Å². The lowest BCUT2D eigenvalue weighted by Crippen LogP contribution is -2.17. The zero-order valence-electron chi connectivity index (χ0n) is 16.6. The summed E-state index contributed by atoms with van der Waals surface area (Å²) in [7, 11) is 0. The summed E-state index contributed by atoms with van der Waals surface area (Å²) in [4.78, 5) is 12.4. The van der Waals surface area contributed by atoms with Gasteiger partial charge in [0, 0.05) is 11.3 Å². The maximum atomic E-state index is 12.4. The first kappa shape index (κ1) is 19.7. The van der Waals surface area contributed by atoms with E-state index in [-0.39, 0.29) is 11.7 Å². The number of carbonyl (C=O) groups excluding carboxylic acids is 1. The Balaban J connectivity index is 1.44. The van der Waals surface area contributed by atoms with E-state index in [0.717, 1.165) is 28.1 Å². The maximum Gasteiger partial charge on any atom is 0.234 e. The Morgan fingerprint density at radius 3 is 2.57 bits per heavy atom. The van der Waals surface area contributed by atoms with Crippen molar-refractivity contribution in [3.63, 3.8) is 0 Å². The van der Waals surface area contributed by atoms with Crippen molar-refractivity contribution in [2.45, 2.75) is 19.0 Å². The van der Waals surface area contributed by atoms with E-state index in [2.05, 4.69) is 25.7 Å². The molecular formula is C21H21N7OS. The standard InChI is InChI=1S/C21H21N7OS/c1-13-7-6-8-14(2)19(13)23-18(29)12-30-21-27-26-20(28(21)22)17-11-16(24-25-17)15-9-4-3-5-10-15/h3-11H,12,22H2,1-2H3,(H,23,29)(H,24,25). The predicted molar refractivity (Wildman–Crippen MR) is 118 cm³/mol. The molecule has 152 valence electrons. The van der Waals surface area contributed by atoms with Crippen molar-refractivity contribution in [1.82, 2.24) is 25.1 Å². The molecule has 4 N–H and O–H groups in total. The van der Waals surface area contributed by atoms with Crippen LogP contribution in [0.25, 0.3) is 22.8 Å². The van der Waals surface area contributed by atoms with Gasteiger partial charge in [-0.15, -0.1) is 10.2 Å². The second kappa shape index (κ2) is 8.42. The quantitative estimate of drug-likeness (QED) is 0.326. The van der Waals surface area contributed by atoms with Gasteiger partial charge in [-0.1, -0.05) is 60.3 Å². The van der Waals surface area contributed by atoms with Crippen LogP contribution in [-0.4, -0.2) is 36.7 Å². The Kier molecular flexibility index (Phi) is 5.53. The SMILES string of the molecule is Cc1cccc(C)c1NC(=O)CSc1nnc(-c2cc(-c3ccccc3)n[nH]2)n1N. The lowest BCUT2D eigenvalue weighted by Gasteiger charge is -2.11. The molecular weight excluding hydrogens is 398 g/mol. The summed E-state index contributed by atoms with van der Waals surface area (Å²) < 4.78 is 1.36. The van der Waals surface area contributed by atoms with Gasteiger partial charge in [0.1, 0.15) is 5.69 Å². The number of aromatic amines is 1. The van der Waals surface area contributed by atoms with E-state index < -0.39 is 0 Å². The number of rotatable bonds is 6. The molecule has 0 saturated heterocycles. The normalized spacial score (nSPS) is 10.9. The second-order valence-corrected chi connectivity index (χ2v) is 7.76. The molecule has 0 saturated carbocycles. The third kappa shape index (κ3) is 4.06. The van der Waals surface area contributed by atoms with Crippen molar-refractivity contribution >= 4 is 23.4 Å². The molecule has 0 atom stereocenters. The van der Waals surface area contributed by atoms with Gasteiger partial charge in [-0.2, -0.15) is 5.10 Å². The summed E-state index contributed by atoms with van der Waals surface area (Å²) in [5.41, 5.74) is 5.30. The minimum absolute atomic E-state index is 0.130. The third-order valence-corrected chi connectivity index (χ3v) is 5.57. The van der Waals surface area contributed by atoms with Crippen LogP contribution in [0.1, 0.15) is 11.1 Å². The number of hydrogen-bond acceptors (Lipinski definition) is 6. The zero-order valence-corrected chi connectivity index (χ0v) is 17.4. The van der Waals surface area contributed by atoms with Crippen molar-refractivity contribution in [2.24, 2.45) is 0 Å². The van der Waals surface area contributed by atoms with E-state index in [1.165, 1.54) is 16.4 Å². The second-order valence-electron chi connectivity index (χ2n) is 6.81. The molecule has 0 radical (unpaired) electrons. The lowest BCUT2D eigenvalue weighted by molar-refractivity contribution is -0.113. The minimum Gasteiger partial charge on any atom is -0.335 e. The Morgan fingerprint density at radius 1 is 1.10 bits per heavy atom.